The third-order valence-corrected chi connectivity index (χ3v) is 5.06. The number of amides is 3. The molecule has 0 aliphatic carbocycles. The van der Waals surface area contributed by atoms with Crippen LogP contribution >= 0.6 is 11.6 Å². The molecule has 2 heterocycles. The maximum absolute atomic E-state index is 13.0. The van der Waals surface area contributed by atoms with Gasteiger partial charge in [0.15, 0.2) is 0 Å². The van der Waals surface area contributed by atoms with Crippen LogP contribution in [0.25, 0.3) is 11.4 Å². The molecule has 0 radical (unpaired) electrons. The predicted molar refractivity (Wildman–Crippen MR) is 104 cm³/mol. The molecule has 1 aliphatic rings. The van der Waals surface area contributed by atoms with Crippen LogP contribution in [0.1, 0.15) is 18.4 Å². The van der Waals surface area contributed by atoms with Crippen LogP contribution in [-0.4, -0.2) is 34.1 Å². The molecule has 9 heteroatoms. The molecule has 0 saturated carbocycles. The molecule has 1 aromatic heterocycles. The van der Waals surface area contributed by atoms with Gasteiger partial charge in [-0.2, -0.15) is 4.98 Å². The second-order valence-electron chi connectivity index (χ2n) is 6.69. The largest absolute Gasteiger partial charge is 0.497 e. The van der Waals surface area contributed by atoms with Crippen molar-refractivity contribution in [3.05, 3.63) is 65.0 Å². The van der Waals surface area contributed by atoms with Gasteiger partial charge in [-0.15, -0.1) is 0 Å². The molecule has 3 amide bonds. The molecular formula is C20H17ClN4O4. The number of hydrogen-bond donors (Lipinski definition) is 1. The Hall–Kier alpha value is -3.39. The Morgan fingerprint density at radius 2 is 1.83 bits per heavy atom. The number of carbonyl (C=O) groups is 2. The number of benzene rings is 2. The van der Waals surface area contributed by atoms with E-state index in [4.69, 9.17) is 20.9 Å². The molecule has 1 aliphatic heterocycles. The van der Waals surface area contributed by atoms with Crippen molar-refractivity contribution in [2.75, 3.05) is 7.11 Å². The standard InChI is InChI=1S/C20H17ClN4O4/c1-20(13-5-7-14(21)8-6-13)18(26)25(19(27)23-20)11-16-22-17(24-29-16)12-3-9-15(28-2)10-4-12/h3-10H,11H2,1-2H3,(H,23,27)/t20-/m1/s1. The topological polar surface area (TPSA) is 97.6 Å². The number of methoxy groups -OCH3 is 1. The summed E-state index contributed by atoms with van der Waals surface area (Å²) in [4.78, 5) is 30.8. The van der Waals surface area contributed by atoms with E-state index >= 15 is 0 Å². The van der Waals surface area contributed by atoms with Crippen molar-refractivity contribution in [3.63, 3.8) is 0 Å². The van der Waals surface area contributed by atoms with Gasteiger partial charge >= 0.3 is 6.03 Å². The number of rotatable bonds is 5. The van der Waals surface area contributed by atoms with Crippen LogP contribution in [0.4, 0.5) is 4.79 Å². The van der Waals surface area contributed by atoms with Crippen molar-refractivity contribution in [1.82, 2.24) is 20.4 Å². The number of halogens is 1. The zero-order valence-electron chi connectivity index (χ0n) is 15.7. The quantitative estimate of drug-likeness (QED) is 0.645. The summed E-state index contributed by atoms with van der Waals surface area (Å²) in [5.74, 6) is 0.808. The minimum Gasteiger partial charge on any atom is -0.497 e. The average molecular weight is 413 g/mol. The lowest BCUT2D eigenvalue weighted by Crippen LogP contribution is -2.40. The van der Waals surface area contributed by atoms with Gasteiger partial charge in [-0.3, -0.25) is 9.69 Å². The lowest BCUT2D eigenvalue weighted by atomic mass is 9.92. The number of nitrogens with zero attached hydrogens (tertiary/aromatic N) is 3. The first-order valence-electron chi connectivity index (χ1n) is 8.78. The van der Waals surface area contributed by atoms with Crippen LogP contribution in [-0.2, 0) is 16.9 Å². The number of carbonyl (C=O) groups excluding carboxylic acids is 2. The third kappa shape index (κ3) is 3.42. The Morgan fingerprint density at radius 3 is 2.48 bits per heavy atom. The molecule has 1 saturated heterocycles. The van der Waals surface area contributed by atoms with E-state index in [9.17, 15) is 9.59 Å². The minimum absolute atomic E-state index is 0.128. The number of aromatic nitrogens is 2. The lowest BCUT2D eigenvalue weighted by molar-refractivity contribution is -0.131. The van der Waals surface area contributed by atoms with E-state index in [1.165, 1.54) is 0 Å². The Bertz CT molecular complexity index is 1060. The molecule has 1 atom stereocenters. The summed E-state index contributed by atoms with van der Waals surface area (Å²) in [5, 5.41) is 7.20. The Morgan fingerprint density at radius 1 is 1.14 bits per heavy atom. The van der Waals surface area contributed by atoms with Gasteiger partial charge in [0.05, 0.1) is 7.11 Å². The van der Waals surface area contributed by atoms with Crippen molar-refractivity contribution in [2.24, 2.45) is 0 Å². The first-order valence-corrected chi connectivity index (χ1v) is 9.15. The smallest absolute Gasteiger partial charge is 0.325 e. The molecular weight excluding hydrogens is 396 g/mol. The summed E-state index contributed by atoms with van der Waals surface area (Å²) in [7, 11) is 1.58. The molecule has 29 heavy (non-hydrogen) atoms. The van der Waals surface area contributed by atoms with Crippen LogP contribution < -0.4 is 10.1 Å². The normalized spacial score (nSPS) is 18.8. The van der Waals surface area contributed by atoms with E-state index in [1.807, 2.05) is 0 Å². The molecule has 0 bridgehead atoms. The zero-order valence-corrected chi connectivity index (χ0v) is 16.4. The summed E-state index contributed by atoms with van der Waals surface area (Å²) < 4.78 is 10.4. The van der Waals surface area contributed by atoms with Gasteiger partial charge in [0, 0.05) is 10.6 Å². The van der Waals surface area contributed by atoms with Gasteiger partial charge in [-0.1, -0.05) is 28.9 Å². The number of hydrogen-bond acceptors (Lipinski definition) is 6. The second kappa shape index (κ2) is 7.21. The number of ether oxygens (including phenoxy) is 1. The lowest BCUT2D eigenvalue weighted by Gasteiger charge is -2.22. The van der Waals surface area contributed by atoms with Crippen molar-refractivity contribution in [1.29, 1.82) is 0 Å². The van der Waals surface area contributed by atoms with Crippen molar-refractivity contribution in [2.45, 2.75) is 19.0 Å². The summed E-state index contributed by atoms with van der Waals surface area (Å²) in [6, 6.07) is 13.4. The van der Waals surface area contributed by atoms with Crippen molar-refractivity contribution < 1.29 is 18.8 Å². The minimum atomic E-state index is -1.19. The Labute approximate surface area is 171 Å². The average Bonchev–Trinajstić information content (AvgIpc) is 3.28. The fourth-order valence-corrected chi connectivity index (χ4v) is 3.26. The van der Waals surface area contributed by atoms with Crippen molar-refractivity contribution in [3.8, 4) is 17.1 Å². The number of nitrogens with one attached hydrogen (secondary N) is 1. The van der Waals surface area contributed by atoms with Crippen LogP contribution in [0.3, 0.4) is 0 Å². The van der Waals surface area contributed by atoms with Crippen LogP contribution in [0, 0.1) is 0 Å². The van der Waals surface area contributed by atoms with E-state index in [2.05, 4.69) is 15.5 Å². The maximum Gasteiger partial charge on any atom is 0.325 e. The van der Waals surface area contributed by atoms with Crippen LogP contribution in [0.5, 0.6) is 5.75 Å². The van der Waals surface area contributed by atoms with E-state index in [-0.39, 0.29) is 12.4 Å². The predicted octanol–water partition coefficient (Wildman–Crippen LogP) is 3.37. The van der Waals surface area contributed by atoms with E-state index in [0.29, 0.717) is 22.2 Å². The van der Waals surface area contributed by atoms with Gasteiger partial charge in [0.2, 0.25) is 11.7 Å². The fraction of sp³-hybridized carbons (Fsp3) is 0.200. The highest BCUT2D eigenvalue weighted by Crippen LogP contribution is 2.30. The molecule has 4 rings (SSSR count). The van der Waals surface area contributed by atoms with E-state index < -0.39 is 17.5 Å². The molecule has 1 N–H and O–H groups in total. The van der Waals surface area contributed by atoms with Gasteiger partial charge in [-0.05, 0) is 48.9 Å². The van der Waals surface area contributed by atoms with Gasteiger partial charge in [-0.25, -0.2) is 4.79 Å². The van der Waals surface area contributed by atoms with Crippen LogP contribution in [0.15, 0.2) is 53.1 Å². The molecule has 0 spiro atoms. The molecule has 148 valence electrons. The molecule has 0 unspecified atom stereocenters. The van der Waals surface area contributed by atoms with Gasteiger partial charge in [0.25, 0.3) is 5.91 Å². The van der Waals surface area contributed by atoms with Crippen molar-refractivity contribution >= 4 is 23.5 Å². The first kappa shape index (κ1) is 18.9. The van der Waals surface area contributed by atoms with E-state index in [0.717, 1.165) is 10.5 Å². The first-order chi connectivity index (χ1) is 13.9. The molecule has 3 aromatic rings. The SMILES string of the molecule is COc1ccc(-c2noc(CN3C(=O)N[C@](C)(c4ccc(Cl)cc4)C3=O)n2)cc1. The van der Waals surface area contributed by atoms with E-state index in [1.54, 1.807) is 62.6 Å². The van der Waals surface area contributed by atoms with Crippen LogP contribution in [0.2, 0.25) is 5.02 Å². The summed E-state index contributed by atoms with van der Waals surface area (Å²) in [5.41, 5.74) is 0.164. The monoisotopic (exact) mass is 412 g/mol. The highest BCUT2D eigenvalue weighted by atomic mass is 35.5. The maximum atomic E-state index is 13.0. The highest BCUT2D eigenvalue weighted by molar-refractivity contribution is 6.30. The number of imide groups is 1. The highest BCUT2D eigenvalue weighted by Gasteiger charge is 2.49. The fourth-order valence-electron chi connectivity index (χ4n) is 3.13. The summed E-state index contributed by atoms with van der Waals surface area (Å²) >= 11 is 5.92. The Balaban J connectivity index is 1.54. The number of urea groups is 1. The Kier molecular flexibility index (Phi) is 4.71. The summed E-state index contributed by atoms with van der Waals surface area (Å²) in [6.07, 6.45) is 0. The molecule has 8 nitrogen and oxygen atoms in total. The molecule has 1 fully saturated rings. The molecule has 2 aromatic carbocycles. The van der Waals surface area contributed by atoms with Gasteiger partial charge < -0.3 is 14.6 Å². The second-order valence-corrected chi connectivity index (χ2v) is 7.13. The van der Waals surface area contributed by atoms with Gasteiger partial charge in [0.1, 0.15) is 17.8 Å². The third-order valence-electron chi connectivity index (χ3n) is 4.81. The summed E-state index contributed by atoms with van der Waals surface area (Å²) in [6.45, 7) is 1.52. The zero-order chi connectivity index (χ0) is 20.6.